The van der Waals surface area contributed by atoms with Crippen molar-refractivity contribution in [1.29, 1.82) is 0 Å². The lowest BCUT2D eigenvalue weighted by Crippen LogP contribution is -2.17. The van der Waals surface area contributed by atoms with E-state index < -0.39 is 5.63 Å². The highest BCUT2D eigenvalue weighted by Crippen LogP contribution is 2.49. The average Bonchev–Trinajstić information content (AvgIpc) is 3.14. The number of rotatable bonds is 4. The van der Waals surface area contributed by atoms with Crippen molar-refractivity contribution in [3.8, 4) is 0 Å². The Hall–Kier alpha value is -2.10. The Morgan fingerprint density at radius 2 is 2.12 bits per heavy atom. The van der Waals surface area contributed by atoms with Crippen LogP contribution in [-0.2, 0) is 16.1 Å². The van der Waals surface area contributed by atoms with Crippen LogP contribution in [0.4, 0.5) is 0 Å². The Morgan fingerprint density at radius 3 is 2.88 bits per heavy atom. The first-order valence-electron chi connectivity index (χ1n) is 8.77. The molecule has 1 aromatic heterocycles. The zero-order valence-electron chi connectivity index (χ0n) is 13.9. The van der Waals surface area contributed by atoms with Crippen LogP contribution in [0, 0.1) is 24.7 Å². The van der Waals surface area contributed by atoms with Gasteiger partial charge in [-0.1, -0.05) is 18.6 Å². The third-order valence-electron chi connectivity index (χ3n) is 5.69. The number of hydrogen-bond donors (Lipinski definition) is 0. The summed E-state index contributed by atoms with van der Waals surface area (Å²) in [5, 5.41) is 0.827. The molecule has 2 bridgehead atoms. The SMILES string of the molecule is Cc1ccc2c(COC(=O)C[C@@H]3C[C@@H]4CC[C@@H]3C4)cc(=O)oc2c1. The molecule has 2 aliphatic carbocycles. The van der Waals surface area contributed by atoms with Gasteiger partial charge in [-0.05, 0) is 55.6 Å². The second kappa shape index (κ2) is 6.08. The normalized spacial score (nSPS) is 25.3. The highest BCUT2D eigenvalue weighted by Gasteiger charge is 2.40. The molecule has 0 saturated heterocycles. The fourth-order valence-corrected chi connectivity index (χ4v) is 4.51. The molecule has 0 spiro atoms. The minimum absolute atomic E-state index is 0.130. The number of carbonyl (C=O) groups excluding carboxylic acids is 1. The molecule has 1 heterocycles. The van der Waals surface area contributed by atoms with E-state index in [4.69, 9.17) is 9.15 Å². The van der Waals surface area contributed by atoms with Crippen LogP contribution in [0.2, 0.25) is 0 Å². The Kier molecular flexibility index (Phi) is 3.91. The van der Waals surface area contributed by atoms with Crippen LogP contribution in [0.25, 0.3) is 11.0 Å². The van der Waals surface area contributed by atoms with E-state index >= 15 is 0 Å². The van der Waals surface area contributed by atoms with Crippen molar-refractivity contribution in [2.24, 2.45) is 17.8 Å². The van der Waals surface area contributed by atoms with E-state index in [0.717, 1.165) is 22.8 Å². The summed E-state index contributed by atoms with van der Waals surface area (Å²) in [4.78, 5) is 23.9. The van der Waals surface area contributed by atoms with Gasteiger partial charge in [0.25, 0.3) is 0 Å². The number of benzene rings is 1. The van der Waals surface area contributed by atoms with Gasteiger partial charge in [-0.15, -0.1) is 0 Å². The molecule has 2 saturated carbocycles. The second-order valence-electron chi connectivity index (χ2n) is 7.39. The lowest BCUT2D eigenvalue weighted by molar-refractivity contribution is -0.146. The Balaban J connectivity index is 1.44. The third kappa shape index (κ3) is 2.97. The number of aryl methyl sites for hydroxylation is 1. The number of hydrogen-bond acceptors (Lipinski definition) is 4. The van der Waals surface area contributed by atoms with Gasteiger partial charge in [-0.3, -0.25) is 4.79 Å². The van der Waals surface area contributed by atoms with E-state index in [1.165, 1.54) is 31.7 Å². The molecule has 4 nitrogen and oxygen atoms in total. The zero-order valence-corrected chi connectivity index (χ0v) is 13.9. The molecule has 4 rings (SSSR count). The maximum atomic E-state index is 12.2. The number of esters is 1. The molecule has 126 valence electrons. The van der Waals surface area contributed by atoms with Crippen LogP contribution in [0.15, 0.2) is 33.5 Å². The van der Waals surface area contributed by atoms with Crippen molar-refractivity contribution in [3.05, 3.63) is 45.8 Å². The first-order chi connectivity index (χ1) is 11.6. The first kappa shape index (κ1) is 15.4. The van der Waals surface area contributed by atoms with Crippen molar-refractivity contribution < 1.29 is 13.9 Å². The minimum atomic E-state index is -0.410. The Labute approximate surface area is 140 Å². The molecule has 3 atom stereocenters. The summed E-state index contributed by atoms with van der Waals surface area (Å²) in [5.74, 6) is 1.89. The average molecular weight is 326 g/mol. The molecule has 0 amide bonds. The van der Waals surface area contributed by atoms with E-state index in [1.807, 2.05) is 25.1 Å². The van der Waals surface area contributed by atoms with E-state index in [1.54, 1.807) is 0 Å². The van der Waals surface area contributed by atoms with Gasteiger partial charge in [0, 0.05) is 23.4 Å². The molecule has 24 heavy (non-hydrogen) atoms. The number of carbonyl (C=O) groups is 1. The van der Waals surface area contributed by atoms with Gasteiger partial charge >= 0.3 is 11.6 Å². The van der Waals surface area contributed by atoms with Crippen LogP contribution in [-0.4, -0.2) is 5.97 Å². The summed E-state index contributed by atoms with van der Waals surface area (Å²) < 4.78 is 10.7. The Morgan fingerprint density at radius 1 is 1.25 bits per heavy atom. The van der Waals surface area contributed by atoms with Crippen molar-refractivity contribution in [2.45, 2.75) is 45.6 Å². The lowest BCUT2D eigenvalue weighted by atomic mass is 9.86. The third-order valence-corrected chi connectivity index (χ3v) is 5.69. The fraction of sp³-hybridized carbons (Fsp3) is 0.500. The largest absolute Gasteiger partial charge is 0.461 e. The van der Waals surface area contributed by atoms with E-state index in [2.05, 4.69) is 0 Å². The van der Waals surface area contributed by atoms with E-state index in [-0.39, 0.29) is 12.6 Å². The summed E-state index contributed by atoms with van der Waals surface area (Å²) in [6, 6.07) is 7.12. The van der Waals surface area contributed by atoms with Crippen LogP contribution >= 0.6 is 0 Å². The molecule has 0 unspecified atom stereocenters. The fourth-order valence-electron chi connectivity index (χ4n) is 4.51. The predicted molar refractivity (Wildman–Crippen MR) is 90.6 cm³/mol. The monoisotopic (exact) mass is 326 g/mol. The number of fused-ring (bicyclic) bond motifs is 3. The number of ether oxygens (including phenoxy) is 1. The van der Waals surface area contributed by atoms with Gasteiger partial charge in [-0.2, -0.15) is 0 Å². The quantitative estimate of drug-likeness (QED) is 0.630. The van der Waals surface area contributed by atoms with Gasteiger partial charge in [0.2, 0.25) is 0 Å². The zero-order chi connectivity index (χ0) is 16.7. The van der Waals surface area contributed by atoms with Crippen LogP contribution in [0.1, 0.15) is 43.2 Å². The molecular weight excluding hydrogens is 304 g/mol. The van der Waals surface area contributed by atoms with Crippen LogP contribution < -0.4 is 5.63 Å². The lowest BCUT2D eigenvalue weighted by Gasteiger charge is -2.20. The van der Waals surface area contributed by atoms with Crippen molar-refractivity contribution in [1.82, 2.24) is 0 Å². The summed E-state index contributed by atoms with van der Waals surface area (Å²) in [7, 11) is 0. The molecule has 2 aromatic rings. The smallest absolute Gasteiger partial charge is 0.336 e. The summed E-state index contributed by atoms with van der Waals surface area (Å²) >= 11 is 0. The highest BCUT2D eigenvalue weighted by molar-refractivity contribution is 5.81. The first-order valence-corrected chi connectivity index (χ1v) is 8.77. The minimum Gasteiger partial charge on any atom is -0.461 e. The summed E-state index contributed by atoms with van der Waals surface area (Å²) in [5.41, 5.74) is 1.87. The van der Waals surface area contributed by atoms with Gasteiger partial charge in [0.05, 0.1) is 0 Å². The highest BCUT2D eigenvalue weighted by atomic mass is 16.5. The van der Waals surface area contributed by atoms with Gasteiger partial charge in [-0.25, -0.2) is 4.79 Å². The maximum absolute atomic E-state index is 12.2. The molecule has 2 fully saturated rings. The summed E-state index contributed by atoms with van der Waals surface area (Å²) in [6.45, 7) is 2.08. The van der Waals surface area contributed by atoms with Crippen LogP contribution in [0.5, 0.6) is 0 Å². The van der Waals surface area contributed by atoms with Crippen molar-refractivity contribution in [2.75, 3.05) is 0 Å². The molecule has 1 aromatic carbocycles. The maximum Gasteiger partial charge on any atom is 0.336 e. The van der Waals surface area contributed by atoms with E-state index in [0.29, 0.717) is 23.5 Å². The van der Waals surface area contributed by atoms with Crippen molar-refractivity contribution >= 4 is 16.9 Å². The van der Waals surface area contributed by atoms with Crippen LogP contribution in [0.3, 0.4) is 0 Å². The molecule has 2 aliphatic rings. The standard InChI is InChI=1S/C20H22O4/c1-12-2-5-17-16(10-20(22)24-18(17)6-12)11-23-19(21)9-15-8-13-3-4-14(15)7-13/h2,5-6,10,13-15H,3-4,7-9,11H2,1H3/t13-,14-,15+/m1/s1. The Bertz CT molecular complexity index is 835. The second-order valence-corrected chi connectivity index (χ2v) is 7.39. The molecule has 4 heteroatoms. The van der Waals surface area contributed by atoms with Gasteiger partial charge in [0.15, 0.2) is 0 Å². The molecular formula is C20H22O4. The molecule has 0 aliphatic heterocycles. The molecule has 0 N–H and O–H groups in total. The van der Waals surface area contributed by atoms with Crippen molar-refractivity contribution in [3.63, 3.8) is 0 Å². The van der Waals surface area contributed by atoms with E-state index in [9.17, 15) is 9.59 Å². The topological polar surface area (TPSA) is 56.5 Å². The van der Waals surface area contributed by atoms with Gasteiger partial charge < -0.3 is 9.15 Å². The summed E-state index contributed by atoms with van der Waals surface area (Å²) in [6.07, 6.45) is 5.59. The predicted octanol–water partition coefficient (Wildman–Crippen LogP) is 3.97. The van der Waals surface area contributed by atoms with Gasteiger partial charge in [0.1, 0.15) is 12.2 Å². The molecule has 0 radical (unpaired) electrons.